The van der Waals surface area contributed by atoms with Gasteiger partial charge < -0.3 is 5.73 Å². The summed E-state index contributed by atoms with van der Waals surface area (Å²) < 4.78 is 2.60. The first kappa shape index (κ1) is 34.4. The van der Waals surface area contributed by atoms with Crippen molar-refractivity contribution in [2.24, 2.45) is 5.73 Å². The number of hydrogen-bond acceptors (Lipinski definition) is 3. The second-order valence-corrected chi connectivity index (χ2v) is 16.6. The summed E-state index contributed by atoms with van der Waals surface area (Å²) in [7, 11) is 0. The molecule has 0 aliphatic heterocycles. The van der Waals surface area contributed by atoms with E-state index in [-0.39, 0.29) is 17.6 Å². The van der Waals surface area contributed by atoms with Gasteiger partial charge in [-0.25, -0.2) is 0 Å². The SMILES string of the molecule is CC1(C)c2cc3ccccc3cc2-c2c(-c3ccc(/C=C/C(NC(N)c4ccccc4)c4ccccc4-c4cccc5sc6ccccc6c45)cc3)cccc21. The van der Waals surface area contributed by atoms with Crippen LogP contribution in [-0.2, 0) is 5.41 Å². The van der Waals surface area contributed by atoms with Gasteiger partial charge in [-0.15, -0.1) is 11.3 Å². The molecule has 0 radical (unpaired) electrons. The lowest BCUT2D eigenvalue weighted by Gasteiger charge is -2.24. The second-order valence-electron chi connectivity index (χ2n) is 15.5. The number of nitrogens with two attached hydrogens (primary N) is 1. The Bertz CT molecular complexity index is 2940. The van der Waals surface area contributed by atoms with Gasteiger partial charge in [0.05, 0.1) is 12.2 Å². The standard InChI is InChI=1S/C53H42N2S/c1-53(2)45-23-12-21-39(50(45)44-32-37-16-6-7-17-38(37)33-46(44)53)35-29-26-34(27-30-35)28-31-47(55-52(54)36-14-4-3-5-15-36)41-19-9-8-18-40(41)42-22-13-25-49-51(42)43-20-10-11-24-48(43)56-49/h3-33,47,52,55H,54H2,1-2H3/b31-28+. The van der Waals surface area contributed by atoms with Gasteiger partial charge in [-0.05, 0) is 96.2 Å². The van der Waals surface area contributed by atoms with Crippen LogP contribution in [-0.4, -0.2) is 0 Å². The maximum absolute atomic E-state index is 6.91. The molecule has 1 heterocycles. The highest BCUT2D eigenvalue weighted by Gasteiger charge is 2.37. The summed E-state index contributed by atoms with van der Waals surface area (Å²) in [5, 5.41) is 8.97. The lowest BCUT2D eigenvalue weighted by atomic mass is 9.81. The lowest BCUT2D eigenvalue weighted by Crippen LogP contribution is -2.31. The third kappa shape index (κ3) is 5.88. The molecule has 9 aromatic rings. The summed E-state index contributed by atoms with van der Waals surface area (Å²) in [6.45, 7) is 4.72. The van der Waals surface area contributed by atoms with Crippen LogP contribution in [0.3, 0.4) is 0 Å². The molecule has 1 aromatic heterocycles. The molecule has 1 aliphatic rings. The molecule has 0 saturated carbocycles. The van der Waals surface area contributed by atoms with E-state index in [9.17, 15) is 0 Å². The molecule has 10 rings (SSSR count). The Morgan fingerprint density at radius 3 is 2.07 bits per heavy atom. The highest BCUT2D eigenvalue weighted by Crippen LogP contribution is 2.53. The number of thiophene rings is 1. The van der Waals surface area contributed by atoms with Crippen molar-refractivity contribution in [3.05, 3.63) is 210 Å². The molecule has 0 spiro atoms. The molecule has 0 amide bonds. The summed E-state index contributed by atoms with van der Waals surface area (Å²) >= 11 is 1.85. The summed E-state index contributed by atoms with van der Waals surface area (Å²) in [4.78, 5) is 0. The van der Waals surface area contributed by atoms with Gasteiger partial charge in [0.25, 0.3) is 0 Å². The van der Waals surface area contributed by atoms with Crippen molar-refractivity contribution in [1.82, 2.24) is 5.32 Å². The van der Waals surface area contributed by atoms with Crippen LogP contribution in [0, 0.1) is 0 Å². The molecule has 3 N–H and O–H groups in total. The van der Waals surface area contributed by atoms with Crippen LogP contribution in [0.2, 0.25) is 0 Å². The van der Waals surface area contributed by atoms with Crippen molar-refractivity contribution in [2.75, 3.05) is 0 Å². The van der Waals surface area contributed by atoms with E-state index in [1.165, 1.54) is 81.0 Å². The first-order chi connectivity index (χ1) is 27.4. The maximum Gasteiger partial charge on any atom is 0.0817 e. The molecule has 2 atom stereocenters. The third-order valence-electron chi connectivity index (χ3n) is 11.8. The monoisotopic (exact) mass is 738 g/mol. The van der Waals surface area contributed by atoms with Crippen LogP contribution >= 0.6 is 11.3 Å². The fourth-order valence-electron chi connectivity index (χ4n) is 8.91. The highest BCUT2D eigenvalue weighted by molar-refractivity contribution is 7.25. The molecule has 1 aliphatic carbocycles. The summed E-state index contributed by atoms with van der Waals surface area (Å²) in [6.07, 6.45) is 4.15. The Morgan fingerprint density at radius 2 is 1.23 bits per heavy atom. The number of benzene rings is 8. The maximum atomic E-state index is 6.91. The second kappa shape index (κ2) is 13.9. The average molecular weight is 739 g/mol. The van der Waals surface area contributed by atoms with E-state index in [4.69, 9.17) is 5.73 Å². The number of hydrogen-bond donors (Lipinski definition) is 2. The molecule has 2 nitrogen and oxygen atoms in total. The molecule has 8 aromatic carbocycles. The van der Waals surface area contributed by atoms with E-state index >= 15 is 0 Å². The van der Waals surface area contributed by atoms with E-state index in [0.29, 0.717) is 0 Å². The van der Waals surface area contributed by atoms with Gasteiger partial charge in [-0.1, -0.05) is 178 Å². The Morgan fingerprint density at radius 1 is 0.571 bits per heavy atom. The Labute approximate surface area is 332 Å². The van der Waals surface area contributed by atoms with Crippen molar-refractivity contribution in [1.29, 1.82) is 0 Å². The number of fused-ring (bicyclic) bond motifs is 7. The first-order valence-electron chi connectivity index (χ1n) is 19.5. The van der Waals surface area contributed by atoms with E-state index in [2.05, 4.69) is 189 Å². The molecule has 0 bridgehead atoms. The number of nitrogens with one attached hydrogen (secondary N) is 1. The normalized spacial score (nSPS) is 14.3. The van der Waals surface area contributed by atoms with Crippen molar-refractivity contribution < 1.29 is 0 Å². The zero-order valence-corrected chi connectivity index (χ0v) is 32.4. The van der Waals surface area contributed by atoms with Gasteiger partial charge in [0, 0.05) is 25.6 Å². The molecule has 0 fully saturated rings. The third-order valence-corrected chi connectivity index (χ3v) is 12.9. The zero-order chi connectivity index (χ0) is 37.8. The first-order valence-corrected chi connectivity index (χ1v) is 20.3. The topological polar surface area (TPSA) is 38.0 Å². The summed E-state index contributed by atoms with van der Waals surface area (Å²) in [6, 6.07) is 63.7. The van der Waals surface area contributed by atoms with E-state index in [1.54, 1.807) is 0 Å². The quantitative estimate of drug-likeness (QED) is 0.152. The minimum Gasteiger partial charge on any atom is -0.312 e. The Hall–Kier alpha value is -6.10. The van der Waals surface area contributed by atoms with Gasteiger partial charge in [-0.2, -0.15) is 0 Å². The van der Waals surface area contributed by atoms with Gasteiger partial charge in [0.2, 0.25) is 0 Å². The van der Waals surface area contributed by atoms with E-state index in [0.717, 1.165) is 11.1 Å². The largest absolute Gasteiger partial charge is 0.312 e. The van der Waals surface area contributed by atoms with Crippen LogP contribution in [0.1, 0.15) is 53.9 Å². The molecule has 270 valence electrons. The summed E-state index contributed by atoms with van der Waals surface area (Å²) in [5.74, 6) is 0. The zero-order valence-electron chi connectivity index (χ0n) is 31.5. The van der Waals surface area contributed by atoms with Gasteiger partial charge in [-0.3, -0.25) is 5.32 Å². The van der Waals surface area contributed by atoms with Gasteiger partial charge >= 0.3 is 0 Å². The van der Waals surface area contributed by atoms with Crippen LogP contribution in [0.4, 0.5) is 0 Å². The molecule has 2 unspecified atom stereocenters. The van der Waals surface area contributed by atoms with Crippen LogP contribution in [0.25, 0.3) is 70.4 Å². The minimum absolute atomic E-state index is 0.0751. The average Bonchev–Trinajstić information content (AvgIpc) is 3.74. The van der Waals surface area contributed by atoms with Crippen molar-refractivity contribution in [3.63, 3.8) is 0 Å². The highest BCUT2D eigenvalue weighted by atomic mass is 32.1. The van der Waals surface area contributed by atoms with Crippen LogP contribution in [0.5, 0.6) is 0 Å². The molecular formula is C53H42N2S. The predicted molar refractivity (Wildman–Crippen MR) is 240 cm³/mol. The van der Waals surface area contributed by atoms with Crippen molar-refractivity contribution in [2.45, 2.75) is 31.5 Å². The minimum atomic E-state index is -0.358. The number of rotatable bonds is 8. The fourth-order valence-corrected chi connectivity index (χ4v) is 10.0. The molecule has 3 heteroatoms. The molecule has 56 heavy (non-hydrogen) atoms. The van der Waals surface area contributed by atoms with E-state index in [1.807, 2.05) is 29.5 Å². The lowest BCUT2D eigenvalue weighted by molar-refractivity contribution is 0.510. The van der Waals surface area contributed by atoms with Crippen molar-refractivity contribution >= 4 is 48.4 Å². The molecule has 0 saturated heterocycles. The Kier molecular flexibility index (Phi) is 8.53. The Balaban J connectivity index is 1.03. The van der Waals surface area contributed by atoms with Crippen molar-refractivity contribution in [3.8, 4) is 33.4 Å². The smallest absolute Gasteiger partial charge is 0.0817 e. The van der Waals surface area contributed by atoms with Crippen LogP contribution < -0.4 is 11.1 Å². The van der Waals surface area contributed by atoms with Crippen LogP contribution in [0.15, 0.2) is 182 Å². The summed E-state index contributed by atoms with van der Waals surface area (Å²) in [5.41, 5.74) is 20.6. The fraction of sp³-hybridized carbons (Fsp3) is 0.0943. The van der Waals surface area contributed by atoms with Gasteiger partial charge in [0.15, 0.2) is 0 Å². The molecular weight excluding hydrogens is 697 g/mol. The van der Waals surface area contributed by atoms with Gasteiger partial charge in [0.1, 0.15) is 0 Å². The van der Waals surface area contributed by atoms with E-state index < -0.39 is 0 Å². The predicted octanol–water partition coefficient (Wildman–Crippen LogP) is 13.8.